The Hall–Kier alpha value is -1.77. The quantitative estimate of drug-likeness (QED) is 0.814. The van der Waals surface area contributed by atoms with E-state index in [-0.39, 0.29) is 12.2 Å². The van der Waals surface area contributed by atoms with Crippen molar-refractivity contribution in [3.05, 3.63) is 12.0 Å². The Morgan fingerprint density at radius 2 is 1.84 bits per heavy atom. The highest BCUT2D eigenvalue weighted by Gasteiger charge is 2.24. The van der Waals surface area contributed by atoms with E-state index in [1.54, 1.807) is 0 Å². The van der Waals surface area contributed by atoms with Crippen LogP contribution in [0.25, 0.3) is 11.0 Å². The van der Waals surface area contributed by atoms with E-state index < -0.39 is 0 Å². The van der Waals surface area contributed by atoms with Gasteiger partial charge < -0.3 is 14.4 Å². The number of hydrogen-bond acceptors (Lipinski definition) is 7. The lowest BCUT2D eigenvalue weighted by Crippen LogP contribution is -2.42. The zero-order valence-electron chi connectivity index (χ0n) is 15.2. The summed E-state index contributed by atoms with van der Waals surface area (Å²) < 4.78 is 13.1. The smallest absolute Gasteiger partial charge is 0.163 e. The predicted molar refractivity (Wildman–Crippen MR) is 94.6 cm³/mol. The van der Waals surface area contributed by atoms with Gasteiger partial charge in [0.1, 0.15) is 11.6 Å². The number of morpholine rings is 2. The second kappa shape index (κ2) is 6.86. The van der Waals surface area contributed by atoms with Crippen LogP contribution in [0, 0.1) is 0 Å². The third kappa shape index (κ3) is 3.47. The fourth-order valence-electron chi connectivity index (χ4n) is 3.61. The van der Waals surface area contributed by atoms with Crippen molar-refractivity contribution in [3.8, 4) is 0 Å². The number of hydrogen-bond donors (Lipinski definition) is 0. The van der Waals surface area contributed by atoms with Gasteiger partial charge in [-0.25, -0.2) is 9.97 Å². The van der Waals surface area contributed by atoms with Crippen LogP contribution in [0.3, 0.4) is 0 Å². The van der Waals surface area contributed by atoms with E-state index in [2.05, 4.69) is 28.7 Å². The molecule has 8 heteroatoms. The zero-order valence-corrected chi connectivity index (χ0v) is 15.2. The van der Waals surface area contributed by atoms with Gasteiger partial charge in [0.05, 0.1) is 43.5 Å². The molecule has 2 aromatic rings. The van der Waals surface area contributed by atoms with E-state index >= 15 is 0 Å². The average Bonchev–Trinajstić information content (AvgIpc) is 2.96. The van der Waals surface area contributed by atoms with Crippen molar-refractivity contribution >= 4 is 16.9 Å². The van der Waals surface area contributed by atoms with E-state index in [0.29, 0.717) is 0 Å². The van der Waals surface area contributed by atoms with Crippen molar-refractivity contribution in [2.24, 2.45) is 7.05 Å². The first-order valence-corrected chi connectivity index (χ1v) is 8.99. The number of ether oxygens (including phenoxy) is 2. The molecule has 0 N–H and O–H groups in total. The van der Waals surface area contributed by atoms with E-state index in [0.717, 1.165) is 68.6 Å². The molecule has 2 aliphatic heterocycles. The molecule has 4 heterocycles. The summed E-state index contributed by atoms with van der Waals surface area (Å²) in [4.78, 5) is 14.3. The molecule has 136 valence electrons. The predicted octanol–water partition coefficient (Wildman–Crippen LogP) is 0.809. The van der Waals surface area contributed by atoms with E-state index in [9.17, 15) is 0 Å². The molecule has 0 aromatic carbocycles. The highest BCUT2D eigenvalue weighted by molar-refractivity contribution is 5.87. The van der Waals surface area contributed by atoms with Gasteiger partial charge in [0.2, 0.25) is 0 Å². The van der Waals surface area contributed by atoms with Crippen LogP contribution in [-0.2, 0) is 23.1 Å². The Kier molecular flexibility index (Phi) is 4.58. The van der Waals surface area contributed by atoms with Crippen molar-refractivity contribution in [1.29, 1.82) is 0 Å². The normalized spacial score (nSPS) is 25.6. The van der Waals surface area contributed by atoms with Crippen LogP contribution >= 0.6 is 0 Å². The molecule has 0 bridgehead atoms. The highest BCUT2D eigenvalue weighted by atomic mass is 16.5. The molecule has 2 aliphatic rings. The highest BCUT2D eigenvalue weighted by Crippen LogP contribution is 2.25. The Balaban J connectivity index is 1.66. The average molecular weight is 346 g/mol. The second-order valence-electron chi connectivity index (χ2n) is 7.01. The van der Waals surface area contributed by atoms with Crippen molar-refractivity contribution in [1.82, 2.24) is 24.6 Å². The molecule has 2 aromatic heterocycles. The number of aromatic nitrogens is 4. The van der Waals surface area contributed by atoms with Gasteiger partial charge >= 0.3 is 0 Å². The van der Waals surface area contributed by atoms with Gasteiger partial charge in [-0.05, 0) is 13.8 Å². The SMILES string of the molecule is C[C@@H]1CN(Cc2nc(N3CCO[C@H](C)C3)c3cnn(C)c3n2)CCO1. The first-order chi connectivity index (χ1) is 12.1. The summed E-state index contributed by atoms with van der Waals surface area (Å²) in [7, 11) is 1.93. The Bertz CT molecular complexity index is 748. The molecule has 8 nitrogen and oxygen atoms in total. The molecule has 0 radical (unpaired) electrons. The lowest BCUT2D eigenvalue weighted by atomic mass is 10.2. The minimum atomic E-state index is 0.207. The topological polar surface area (TPSA) is 68.5 Å². The fraction of sp³-hybridized carbons (Fsp3) is 0.706. The van der Waals surface area contributed by atoms with Crippen molar-refractivity contribution in [2.45, 2.75) is 32.6 Å². The van der Waals surface area contributed by atoms with E-state index in [1.165, 1.54) is 0 Å². The third-order valence-electron chi connectivity index (χ3n) is 4.85. The number of nitrogens with zero attached hydrogens (tertiary/aromatic N) is 6. The summed E-state index contributed by atoms with van der Waals surface area (Å²) in [6.07, 6.45) is 2.33. The van der Waals surface area contributed by atoms with E-state index in [4.69, 9.17) is 19.4 Å². The van der Waals surface area contributed by atoms with Crippen LogP contribution in [0.1, 0.15) is 19.7 Å². The van der Waals surface area contributed by atoms with Crippen LogP contribution in [0.5, 0.6) is 0 Å². The number of rotatable bonds is 3. The first kappa shape index (κ1) is 16.7. The van der Waals surface area contributed by atoms with Crippen LogP contribution in [-0.4, -0.2) is 76.2 Å². The lowest BCUT2D eigenvalue weighted by Gasteiger charge is -2.33. The van der Waals surface area contributed by atoms with Crippen LogP contribution in [0.15, 0.2) is 6.20 Å². The summed E-state index contributed by atoms with van der Waals surface area (Å²) in [5, 5.41) is 5.40. The molecule has 0 amide bonds. The lowest BCUT2D eigenvalue weighted by molar-refractivity contribution is -0.0219. The number of aryl methyl sites for hydroxylation is 1. The van der Waals surface area contributed by atoms with Gasteiger partial charge in [0.15, 0.2) is 5.65 Å². The van der Waals surface area contributed by atoms with E-state index in [1.807, 2.05) is 17.9 Å². The van der Waals surface area contributed by atoms with Crippen LogP contribution < -0.4 is 4.90 Å². The number of anilines is 1. The Morgan fingerprint density at radius 1 is 1.08 bits per heavy atom. The molecule has 2 atom stereocenters. The summed E-state index contributed by atoms with van der Waals surface area (Å²) in [6, 6.07) is 0. The molecule has 0 spiro atoms. The summed E-state index contributed by atoms with van der Waals surface area (Å²) >= 11 is 0. The number of fused-ring (bicyclic) bond motifs is 1. The van der Waals surface area contributed by atoms with Crippen molar-refractivity contribution < 1.29 is 9.47 Å². The molecular formula is C17H26N6O2. The maximum atomic E-state index is 5.68. The van der Waals surface area contributed by atoms with Gasteiger partial charge in [-0.2, -0.15) is 5.10 Å². The fourth-order valence-corrected chi connectivity index (χ4v) is 3.61. The second-order valence-corrected chi connectivity index (χ2v) is 7.01. The molecule has 0 aliphatic carbocycles. The Morgan fingerprint density at radius 3 is 2.60 bits per heavy atom. The standard InChI is InChI=1S/C17H26N6O2/c1-12-9-22(4-6-24-12)11-15-19-16-14(8-18-21(16)3)17(20-15)23-5-7-25-13(2)10-23/h8,12-13H,4-7,9-11H2,1-3H3/t12-,13-/m1/s1. The van der Waals surface area contributed by atoms with Gasteiger partial charge in [0, 0.05) is 33.2 Å². The molecule has 4 rings (SSSR count). The van der Waals surface area contributed by atoms with Gasteiger partial charge in [-0.1, -0.05) is 0 Å². The summed E-state index contributed by atoms with van der Waals surface area (Å²) in [5.74, 6) is 1.82. The van der Waals surface area contributed by atoms with Crippen LogP contribution in [0.4, 0.5) is 5.82 Å². The monoisotopic (exact) mass is 346 g/mol. The molecule has 0 saturated carbocycles. The van der Waals surface area contributed by atoms with Crippen molar-refractivity contribution in [3.63, 3.8) is 0 Å². The van der Waals surface area contributed by atoms with Crippen LogP contribution in [0.2, 0.25) is 0 Å². The molecule has 2 fully saturated rings. The zero-order chi connectivity index (χ0) is 17.4. The molecular weight excluding hydrogens is 320 g/mol. The molecule has 0 unspecified atom stereocenters. The first-order valence-electron chi connectivity index (χ1n) is 8.99. The van der Waals surface area contributed by atoms with Gasteiger partial charge in [-0.15, -0.1) is 0 Å². The summed E-state index contributed by atoms with van der Waals surface area (Å²) in [5.41, 5.74) is 0.889. The minimum Gasteiger partial charge on any atom is -0.376 e. The van der Waals surface area contributed by atoms with Crippen molar-refractivity contribution in [2.75, 3.05) is 44.3 Å². The maximum Gasteiger partial charge on any atom is 0.163 e. The largest absolute Gasteiger partial charge is 0.376 e. The third-order valence-corrected chi connectivity index (χ3v) is 4.85. The van der Waals surface area contributed by atoms with Gasteiger partial charge in [0.25, 0.3) is 0 Å². The minimum absolute atomic E-state index is 0.207. The maximum absolute atomic E-state index is 5.68. The molecule has 2 saturated heterocycles. The molecule has 25 heavy (non-hydrogen) atoms. The summed E-state index contributed by atoms with van der Waals surface area (Å²) in [6.45, 7) is 9.96. The van der Waals surface area contributed by atoms with Gasteiger partial charge in [-0.3, -0.25) is 9.58 Å². The Labute approximate surface area is 147 Å².